The van der Waals surface area contributed by atoms with E-state index in [4.69, 9.17) is 19.0 Å². The molecule has 0 N–H and O–H groups in total. The molecule has 2 aliphatic heterocycles. The molecule has 0 saturated carbocycles. The van der Waals surface area contributed by atoms with Crippen LogP contribution in [0.1, 0.15) is 57.3 Å². The van der Waals surface area contributed by atoms with Crippen molar-refractivity contribution in [2.24, 2.45) is 11.1 Å². The molecule has 0 radical (unpaired) electrons. The van der Waals surface area contributed by atoms with Gasteiger partial charge in [-0.2, -0.15) is 0 Å². The largest absolute Gasteiger partial charge is 0.497 e. The molecule has 4 rings (SSSR count). The van der Waals surface area contributed by atoms with Crippen LogP contribution in [0.3, 0.4) is 0 Å². The highest BCUT2D eigenvalue weighted by Gasteiger charge is 2.57. The molecule has 46 heavy (non-hydrogen) atoms. The van der Waals surface area contributed by atoms with E-state index in [0.717, 1.165) is 5.56 Å². The molecule has 1 fully saturated rings. The molecule has 1 saturated heterocycles. The third-order valence-corrected chi connectivity index (χ3v) is 10.4. The summed E-state index contributed by atoms with van der Waals surface area (Å²) in [6.45, 7) is 9.80. The van der Waals surface area contributed by atoms with Crippen molar-refractivity contribution in [3.63, 3.8) is 0 Å². The lowest BCUT2D eigenvalue weighted by Crippen LogP contribution is -2.66. The average molecular weight is 786 g/mol. The van der Waals surface area contributed by atoms with Gasteiger partial charge in [-0.25, -0.2) is 14.6 Å². The molecule has 1 aromatic carbocycles. The second-order valence-electron chi connectivity index (χ2n) is 12.2. The molecule has 248 valence electrons. The fourth-order valence-corrected chi connectivity index (χ4v) is 8.01. The Bertz CT molecular complexity index is 1610. The topological polar surface area (TPSA) is 151 Å². The zero-order valence-corrected chi connectivity index (χ0v) is 30.4. The summed E-state index contributed by atoms with van der Waals surface area (Å²) in [7, 11) is -0.0193. The van der Waals surface area contributed by atoms with E-state index in [9.17, 15) is 23.4 Å². The van der Waals surface area contributed by atoms with Crippen molar-refractivity contribution in [1.82, 2.24) is 9.88 Å². The van der Waals surface area contributed by atoms with Crippen LogP contribution in [0, 0.1) is 12.8 Å². The van der Waals surface area contributed by atoms with Crippen LogP contribution in [-0.2, 0) is 50.9 Å². The zero-order chi connectivity index (χ0) is 34.0. The van der Waals surface area contributed by atoms with E-state index >= 15 is 0 Å². The normalized spacial score (nSPS) is 20.1. The maximum atomic E-state index is 13.7. The number of nitrogens with zero attached hydrogens (tertiary/aromatic N) is 3. The van der Waals surface area contributed by atoms with E-state index in [0.29, 0.717) is 20.8 Å². The van der Waals surface area contributed by atoms with Crippen molar-refractivity contribution in [3.8, 4) is 5.75 Å². The summed E-state index contributed by atoms with van der Waals surface area (Å²) in [5.74, 6) is -2.75. The first-order valence-electron chi connectivity index (χ1n) is 14.3. The summed E-state index contributed by atoms with van der Waals surface area (Å²) >= 11 is 3.34. The van der Waals surface area contributed by atoms with E-state index in [-0.39, 0.29) is 35.9 Å². The number of carbonyl (C=O) groups is 4. The van der Waals surface area contributed by atoms with Gasteiger partial charge in [0.25, 0.3) is 0 Å². The first kappa shape index (κ1) is 35.7. The lowest BCUT2D eigenvalue weighted by molar-refractivity contribution is -0.179. The number of thiazole rings is 1. The minimum Gasteiger partial charge on any atom is -0.497 e. The summed E-state index contributed by atoms with van der Waals surface area (Å²) in [5, 5.41) is 5.42. The summed E-state index contributed by atoms with van der Waals surface area (Å²) in [5.41, 5.74) is -0.961. The Hall–Kier alpha value is -3.18. The summed E-state index contributed by atoms with van der Waals surface area (Å²) in [4.78, 5) is 64.4. The average Bonchev–Trinajstić information content (AvgIpc) is 3.42. The highest BCUT2D eigenvalue weighted by atomic mass is 127. The van der Waals surface area contributed by atoms with Crippen LogP contribution in [0.15, 0.2) is 46.1 Å². The third kappa shape index (κ3) is 8.02. The summed E-state index contributed by atoms with van der Waals surface area (Å²) < 4.78 is 29.8. The lowest BCUT2D eigenvalue weighted by Gasteiger charge is -2.49. The second kappa shape index (κ2) is 14.3. The van der Waals surface area contributed by atoms with Crippen LogP contribution in [0.5, 0.6) is 5.75 Å². The number of rotatable bonds is 12. The molecule has 2 unspecified atom stereocenters. The molecular formula is C31H36IN3O9S2. The first-order chi connectivity index (χ1) is 21.6. The molecule has 0 bridgehead atoms. The third-order valence-electron chi connectivity index (χ3n) is 6.99. The Balaban J connectivity index is 1.53. The van der Waals surface area contributed by atoms with Crippen LogP contribution < -0.4 is 4.74 Å². The minimum atomic E-state index is -1.57. The highest BCUT2D eigenvalue weighted by molar-refractivity contribution is 14.1. The van der Waals surface area contributed by atoms with Crippen molar-refractivity contribution in [3.05, 3.63) is 57.2 Å². The molecular weight excluding hydrogens is 749 g/mol. The standard InChI is InChI=1S/C31H36IN3O9S2/c1-17-33-22(15-45-17)24(34-44-31(5,6)29(39)43-30(2,3)4)23(36)12-21-26(37)35-25(19(13-32)16-46(40)27(21)35)28(38)42-14-18-8-10-20(41-7)11-9-18/h8-11,15,21,27H,12-14,16H2,1-7H3/b34-24+/t21?,27?,46-/m0/s1. The van der Waals surface area contributed by atoms with Crippen molar-refractivity contribution >= 4 is 74.1 Å². The molecule has 3 atom stereocenters. The fraction of sp³-hybridized carbons (Fsp3) is 0.484. The van der Waals surface area contributed by atoms with Gasteiger partial charge in [-0.05, 0) is 64.8 Å². The summed E-state index contributed by atoms with van der Waals surface area (Å²) in [6, 6.07) is 7.01. The number of halogens is 1. The lowest BCUT2D eigenvalue weighted by atomic mass is 9.89. The van der Waals surface area contributed by atoms with Gasteiger partial charge in [0.2, 0.25) is 11.5 Å². The molecule has 2 aliphatic rings. The number of Topliss-reactive ketones (excluding diaryl/α,β-unsaturated/α-hetero) is 1. The van der Waals surface area contributed by atoms with Crippen LogP contribution in [0.25, 0.3) is 0 Å². The number of ketones is 1. The quantitative estimate of drug-likeness (QED) is 0.0764. The van der Waals surface area contributed by atoms with Crippen LogP contribution in [0.2, 0.25) is 0 Å². The number of carbonyl (C=O) groups excluding carboxylic acids is 4. The number of aryl methyl sites for hydroxylation is 1. The van der Waals surface area contributed by atoms with Gasteiger partial charge in [-0.15, -0.1) is 11.3 Å². The second-order valence-corrected chi connectivity index (χ2v) is 15.5. The Labute approximate surface area is 287 Å². The predicted octanol–water partition coefficient (Wildman–Crippen LogP) is 4.24. The van der Waals surface area contributed by atoms with E-state index in [1.807, 2.05) is 0 Å². The van der Waals surface area contributed by atoms with Gasteiger partial charge in [0.05, 0.1) is 18.0 Å². The number of amides is 1. The Morgan fingerprint density at radius 1 is 1.15 bits per heavy atom. The molecule has 0 spiro atoms. The molecule has 15 heteroatoms. The smallest absolute Gasteiger partial charge is 0.355 e. The van der Waals surface area contributed by atoms with Gasteiger partial charge in [0.1, 0.15) is 34.7 Å². The number of alkyl halides is 1. The van der Waals surface area contributed by atoms with E-state index in [1.165, 1.54) is 30.1 Å². The molecule has 12 nitrogen and oxygen atoms in total. The molecule has 0 aliphatic carbocycles. The maximum Gasteiger partial charge on any atom is 0.355 e. The van der Waals surface area contributed by atoms with E-state index in [1.54, 1.807) is 64.5 Å². The van der Waals surface area contributed by atoms with Crippen LogP contribution in [-0.4, -0.2) is 77.3 Å². The molecule has 1 aromatic heterocycles. The number of hydrogen-bond acceptors (Lipinski definition) is 12. The predicted molar refractivity (Wildman–Crippen MR) is 180 cm³/mol. The minimum absolute atomic E-state index is 0.0366. The Morgan fingerprint density at radius 2 is 1.83 bits per heavy atom. The Morgan fingerprint density at radius 3 is 2.39 bits per heavy atom. The fourth-order valence-electron chi connectivity index (χ4n) is 4.64. The number of ether oxygens (including phenoxy) is 3. The number of benzene rings is 1. The number of β-lactam (4-membered cyclic amide) rings is 1. The highest BCUT2D eigenvalue weighted by Crippen LogP contribution is 2.41. The monoisotopic (exact) mass is 785 g/mol. The van der Waals surface area contributed by atoms with Gasteiger partial charge in [-0.3, -0.25) is 18.7 Å². The number of aromatic nitrogens is 1. The van der Waals surface area contributed by atoms with Crippen LogP contribution in [0.4, 0.5) is 0 Å². The first-order valence-corrected chi connectivity index (χ1v) is 18.1. The molecule has 3 heterocycles. The molecule has 2 aromatic rings. The number of oxime groups is 1. The summed E-state index contributed by atoms with van der Waals surface area (Å²) in [6.07, 6.45) is -0.356. The van der Waals surface area contributed by atoms with Crippen molar-refractivity contribution in [2.75, 3.05) is 17.3 Å². The SMILES string of the molecule is COc1ccc(COC(=O)C2=C(CI)C[S@](=O)C3C(CC(=O)/C(=N/OC(C)(C)C(=O)OC(C)(C)C)c4csc(C)n4)C(=O)N23)cc1. The van der Waals surface area contributed by atoms with E-state index < -0.39 is 56.9 Å². The van der Waals surface area contributed by atoms with Gasteiger partial charge in [-0.1, -0.05) is 39.9 Å². The maximum absolute atomic E-state index is 13.7. The molecule has 1 amide bonds. The van der Waals surface area contributed by atoms with Gasteiger partial charge < -0.3 is 19.0 Å². The van der Waals surface area contributed by atoms with Crippen LogP contribution >= 0.6 is 33.9 Å². The van der Waals surface area contributed by atoms with Crippen molar-refractivity contribution in [1.29, 1.82) is 0 Å². The van der Waals surface area contributed by atoms with Gasteiger partial charge in [0, 0.05) is 32.8 Å². The van der Waals surface area contributed by atoms with Gasteiger partial charge in [0.15, 0.2) is 11.5 Å². The van der Waals surface area contributed by atoms with Crippen molar-refractivity contribution in [2.45, 2.75) is 71.1 Å². The Kier molecular flexibility index (Phi) is 11.1. The zero-order valence-electron chi connectivity index (χ0n) is 26.6. The number of hydrogen-bond donors (Lipinski definition) is 0. The van der Waals surface area contributed by atoms with Gasteiger partial charge >= 0.3 is 11.9 Å². The van der Waals surface area contributed by atoms with Crippen molar-refractivity contribution < 1.29 is 42.4 Å². The van der Waals surface area contributed by atoms with E-state index in [2.05, 4.69) is 32.7 Å². The number of methoxy groups -OCH3 is 1. The number of esters is 2. The number of fused-ring (bicyclic) bond motifs is 1.